The lowest BCUT2D eigenvalue weighted by Gasteiger charge is -2.24. The highest BCUT2D eigenvalue weighted by atomic mass is 16.3. The Labute approximate surface area is 76.6 Å². The monoisotopic (exact) mass is 176 g/mol. The molecule has 0 radical (unpaired) electrons. The van der Waals surface area contributed by atoms with E-state index in [1.54, 1.807) is 0 Å². The van der Waals surface area contributed by atoms with E-state index in [-0.39, 0.29) is 20.0 Å². The van der Waals surface area contributed by atoms with E-state index in [1.807, 2.05) is 0 Å². The summed E-state index contributed by atoms with van der Waals surface area (Å²) >= 11 is 0. The first-order valence-corrected chi connectivity index (χ1v) is 4.42. The van der Waals surface area contributed by atoms with Crippen LogP contribution in [-0.2, 0) is 0 Å². The van der Waals surface area contributed by atoms with Crippen LogP contribution < -0.4 is 0 Å². The van der Waals surface area contributed by atoms with Gasteiger partial charge in [-0.2, -0.15) is 0 Å². The maximum Gasteiger partial charge on any atom is 0.0801 e. The van der Waals surface area contributed by atoms with Gasteiger partial charge in [-0.15, -0.1) is 0 Å². The Balaban J connectivity index is 0. The van der Waals surface area contributed by atoms with E-state index >= 15 is 0 Å². The molecule has 76 valence electrons. The van der Waals surface area contributed by atoms with E-state index in [1.165, 1.54) is 0 Å². The molecule has 2 N–H and O–H groups in total. The van der Waals surface area contributed by atoms with Gasteiger partial charge in [-0.1, -0.05) is 34.6 Å². The minimum absolute atomic E-state index is 0. The van der Waals surface area contributed by atoms with E-state index < -0.39 is 6.10 Å². The zero-order valence-corrected chi connectivity index (χ0v) is 7.75. The van der Waals surface area contributed by atoms with Gasteiger partial charge in [-0.3, -0.25) is 0 Å². The van der Waals surface area contributed by atoms with Crippen LogP contribution in [0.5, 0.6) is 0 Å². The smallest absolute Gasteiger partial charge is 0.0801 e. The summed E-state index contributed by atoms with van der Waals surface area (Å²) in [6.45, 7) is 6.15. The molecule has 0 aromatic heterocycles. The molecule has 0 rings (SSSR count). The average Bonchev–Trinajstić information content (AvgIpc) is 1.98. The van der Waals surface area contributed by atoms with Crippen molar-refractivity contribution < 1.29 is 10.2 Å². The van der Waals surface area contributed by atoms with Gasteiger partial charge in [0, 0.05) is 0 Å². The molecule has 0 spiro atoms. The third kappa shape index (κ3) is 4.73. The second-order valence-corrected chi connectivity index (χ2v) is 3.45. The first kappa shape index (κ1) is 14.4. The Morgan fingerprint density at radius 1 is 1.25 bits per heavy atom. The predicted octanol–water partition coefficient (Wildman–Crippen LogP) is 2.05. The van der Waals surface area contributed by atoms with Crippen molar-refractivity contribution in [2.75, 3.05) is 6.61 Å². The topological polar surface area (TPSA) is 40.5 Å². The summed E-state index contributed by atoms with van der Waals surface area (Å²) in [6.07, 6.45) is 1.54. The van der Waals surface area contributed by atoms with E-state index in [4.69, 9.17) is 5.11 Å². The fourth-order valence-electron chi connectivity index (χ4n) is 1.44. The van der Waals surface area contributed by atoms with Crippen LogP contribution >= 0.6 is 0 Å². The average molecular weight is 176 g/mol. The van der Waals surface area contributed by atoms with Crippen LogP contribution in [0.2, 0.25) is 0 Å². The lowest BCUT2D eigenvalue weighted by atomic mass is 9.87. The fourth-order valence-corrected chi connectivity index (χ4v) is 1.44. The van der Waals surface area contributed by atoms with Crippen molar-refractivity contribution in [2.45, 2.75) is 47.1 Å². The molecule has 0 aliphatic rings. The quantitative estimate of drug-likeness (QED) is 0.673. The SMILES string of the molecule is C.CCC[C@@H](C(C)C)[C@@H](O)CO. The third-order valence-corrected chi connectivity index (χ3v) is 2.16. The molecule has 0 aromatic rings. The van der Waals surface area contributed by atoms with Gasteiger partial charge in [0.25, 0.3) is 0 Å². The number of rotatable bonds is 5. The zero-order valence-electron chi connectivity index (χ0n) is 7.75. The van der Waals surface area contributed by atoms with E-state index in [9.17, 15) is 5.11 Å². The van der Waals surface area contributed by atoms with Crippen LogP contribution in [0.4, 0.5) is 0 Å². The van der Waals surface area contributed by atoms with Crippen LogP contribution in [0, 0.1) is 11.8 Å². The van der Waals surface area contributed by atoms with Gasteiger partial charge in [-0.25, -0.2) is 0 Å². The van der Waals surface area contributed by atoms with Gasteiger partial charge in [0.2, 0.25) is 0 Å². The van der Waals surface area contributed by atoms with Gasteiger partial charge < -0.3 is 10.2 Å². The predicted molar refractivity (Wildman–Crippen MR) is 53.1 cm³/mol. The normalized spacial score (nSPS) is 15.5. The molecule has 2 nitrogen and oxygen atoms in total. The van der Waals surface area contributed by atoms with Gasteiger partial charge in [0.1, 0.15) is 0 Å². The summed E-state index contributed by atoms with van der Waals surface area (Å²) in [5, 5.41) is 18.1. The first-order chi connectivity index (χ1) is 5.13. The Kier molecular flexibility index (Phi) is 9.10. The van der Waals surface area contributed by atoms with Crippen LogP contribution in [-0.4, -0.2) is 22.9 Å². The van der Waals surface area contributed by atoms with Crippen LogP contribution in [0.15, 0.2) is 0 Å². The Hall–Kier alpha value is -0.0800. The largest absolute Gasteiger partial charge is 0.394 e. The molecule has 0 unspecified atom stereocenters. The van der Waals surface area contributed by atoms with Gasteiger partial charge in [0.05, 0.1) is 12.7 Å². The Morgan fingerprint density at radius 2 is 1.75 bits per heavy atom. The highest BCUT2D eigenvalue weighted by Crippen LogP contribution is 2.20. The molecule has 0 saturated heterocycles. The van der Waals surface area contributed by atoms with Crippen molar-refractivity contribution in [3.8, 4) is 0 Å². The standard InChI is InChI=1S/C9H20O2.CH4/c1-4-5-8(7(2)3)9(11)6-10;/h7-11H,4-6H2,1-3H3;1H4/t8-,9-;/m0./s1. The second-order valence-electron chi connectivity index (χ2n) is 3.45. The van der Waals surface area contributed by atoms with Crippen LogP contribution in [0.3, 0.4) is 0 Å². The van der Waals surface area contributed by atoms with Crippen LogP contribution in [0.1, 0.15) is 41.0 Å². The highest BCUT2D eigenvalue weighted by Gasteiger charge is 2.20. The molecule has 0 bridgehead atoms. The van der Waals surface area contributed by atoms with Gasteiger partial charge in [0.15, 0.2) is 0 Å². The molecule has 0 aliphatic heterocycles. The molecule has 0 heterocycles. The molecule has 12 heavy (non-hydrogen) atoms. The van der Waals surface area contributed by atoms with Crippen molar-refractivity contribution in [2.24, 2.45) is 11.8 Å². The highest BCUT2D eigenvalue weighted by molar-refractivity contribution is 4.70. The number of hydrogen-bond acceptors (Lipinski definition) is 2. The van der Waals surface area contributed by atoms with E-state index in [0.717, 1.165) is 12.8 Å². The second kappa shape index (κ2) is 7.56. The minimum atomic E-state index is -0.532. The minimum Gasteiger partial charge on any atom is -0.394 e. The molecule has 0 fully saturated rings. The summed E-state index contributed by atoms with van der Waals surface area (Å²) in [4.78, 5) is 0. The summed E-state index contributed by atoms with van der Waals surface area (Å²) < 4.78 is 0. The van der Waals surface area contributed by atoms with Gasteiger partial charge >= 0.3 is 0 Å². The Morgan fingerprint density at radius 3 is 2.00 bits per heavy atom. The molecule has 2 heteroatoms. The third-order valence-electron chi connectivity index (χ3n) is 2.16. The molecule has 0 aromatic carbocycles. The van der Waals surface area contributed by atoms with Crippen LogP contribution in [0.25, 0.3) is 0 Å². The molecule has 0 aliphatic carbocycles. The fraction of sp³-hybridized carbons (Fsp3) is 1.00. The van der Waals surface area contributed by atoms with E-state index in [2.05, 4.69) is 20.8 Å². The van der Waals surface area contributed by atoms with Crippen molar-refractivity contribution >= 4 is 0 Å². The number of aliphatic hydroxyl groups excluding tert-OH is 2. The number of hydrogen-bond donors (Lipinski definition) is 2. The summed E-state index contributed by atoms with van der Waals surface area (Å²) in [7, 11) is 0. The molecular weight excluding hydrogens is 152 g/mol. The summed E-state index contributed by atoms with van der Waals surface area (Å²) in [5.74, 6) is 0.710. The maximum absolute atomic E-state index is 9.37. The first-order valence-electron chi connectivity index (χ1n) is 4.42. The lowest BCUT2D eigenvalue weighted by Crippen LogP contribution is -2.28. The Bertz CT molecular complexity index is 91.8. The zero-order chi connectivity index (χ0) is 8.85. The molecule has 2 atom stereocenters. The molecular formula is C10H24O2. The van der Waals surface area contributed by atoms with E-state index in [0.29, 0.717) is 5.92 Å². The molecule has 0 amide bonds. The van der Waals surface area contributed by atoms with Crippen molar-refractivity contribution in [1.82, 2.24) is 0 Å². The van der Waals surface area contributed by atoms with Crippen molar-refractivity contribution in [3.05, 3.63) is 0 Å². The number of aliphatic hydroxyl groups is 2. The lowest BCUT2D eigenvalue weighted by molar-refractivity contribution is 0.0251. The summed E-state index contributed by atoms with van der Waals surface area (Å²) in [6, 6.07) is 0. The van der Waals surface area contributed by atoms with Crippen molar-refractivity contribution in [3.63, 3.8) is 0 Å². The van der Waals surface area contributed by atoms with Gasteiger partial charge in [-0.05, 0) is 18.3 Å². The molecule has 0 saturated carbocycles. The maximum atomic E-state index is 9.37. The summed E-state index contributed by atoms with van der Waals surface area (Å²) in [5.41, 5.74) is 0. The van der Waals surface area contributed by atoms with Crippen molar-refractivity contribution in [1.29, 1.82) is 0 Å².